The molecule has 0 bridgehead atoms. The van der Waals surface area contributed by atoms with Crippen molar-refractivity contribution in [3.63, 3.8) is 0 Å². The number of anilines is 3. The Bertz CT molecular complexity index is 1320. The van der Waals surface area contributed by atoms with Gasteiger partial charge in [0.05, 0.1) is 17.6 Å². The highest BCUT2D eigenvalue weighted by Crippen LogP contribution is 2.30. The Morgan fingerprint density at radius 1 is 1.06 bits per heavy atom. The molecular formula is C26H29N5O3. The quantitative estimate of drug-likeness (QED) is 0.348. The van der Waals surface area contributed by atoms with Gasteiger partial charge in [0, 0.05) is 31.1 Å². The zero-order valence-corrected chi connectivity index (χ0v) is 20.0. The van der Waals surface area contributed by atoms with Crippen LogP contribution < -0.4 is 15.4 Å². The summed E-state index contributed by atoms with van der Waals surface area (Å²) < 4.78 is 12.9. The Labute approximate surface area is 198 Å². The number of carbonyl (C=O) groups is 1. The first-order valence-corrected chi connectivity index (χ1v) is 11.1. The number of benzene rings is 2. The summed E-state index contributed by atoms with van der Waals surface area (Å²) in [5.74, 6) is 2.25. The van der Waals surface area contributed by atoms with Crippen LogP contribution >= 0.6 is 0 Å². The number of aromatic nitrogens is 3. The molecule has 2 N–H and O–H groups in total. The fourth-order valence-corrected chi connectivity index (χ4v) is 3.50. The number of pyridine rings is 1. The van der Waals surface area contributed by atoms with Gasteiger partial charge in [-0.2, -0.15) is 0 Å². The third-order valence-corrected chi connectivity index (χ3v) is 5.31. The lowest BCUT2D eigenvalue weighted by Gasteiger charge is -2.20. The van der Waals surface area contributed by atoms with Gasteiger partial charge in [-0.25, -0.2) is 14.8 Å². The second-order valence-corrected chi connectivity index (χ2v) is 8.93. The van der Waals surface area contributed by atoms with E-state index < -0.39 is 6.09 Å². The van der Waals surface area contributed by atoms with Crippen molar-refractivity contribution >= 4 is 34.6 Å². The highest BCUT2D eigenvalue weighted by molar-refractivity contribution is 5.83. The number of amides is 1. The number of imidazole rings is 1. The Hall–Kier alpha value is -4.07. The molecule has 8 nitrogen and oxygen atoms in total. The Morgan fingerprint density at radius 3 is 2.62 bits per heavy atom. The topological polar surface area (TPSA) is 90.3 Å². The number of ether oxygens (including phenoxy) is 2. The molecule has 0 radical (unpaired) electrons. The van der Waals surface area contributed by atoms with Gasteiger partial charge in [-0.15, -0.1) is 0 Å². The summed E-state index contributed by atoms with van der Waals surface area (Å²) in [6.07, 6.45) is 0.999. The van der Waals surface area contributed by atoms with E-state index in [-0.39, 0.29) is 12.0 Å². The molecule has 176 valence electrons. The van der Waals surface area contributed by atoms with E-state index in [9.17, 15) is 4.79 Å². The first-order valence-electron chi connectivity index (χ1n) is 11.1. The SMILES string of the molecule is CCOC(=O)Nc1cc(Oc2ccc3c(c2)nc(Nc2cccc(C(C)(C)C)c2)n3C)ccn1. The van der Waals surface area contributed by atoms with E-state index in [0.717, 1.165) is 22.7 Å². The molecule has 4 aromatic rings. The van der Waals surface area contributed by atoms with Gasteiger partial charge in [0.1, 0.15) is 17.3 Å². The van der Waals surface area contributed by atoms with Crippen LogP contribution in [0.2, 0.25) is 0 Å². The van der Waals surface area contributed by atoms with Crippen LogP contribution in [0.1, 0.15) is 33.3 Å². The van der Waals surface area contributed by atoms with Crippen molar-refractivity contribution in [1.29, 1.82) is 0 Å². The lowest BCUT2D eigenvalue weighted by atomic mass is 9.87. The molecule has 2 aromatic carbocycles. The van der Waals surface area contributed by atoms with E-state index in [1.54, 1.807) is 25.3 Å². The maximum absolute atomic E-state index is 11.6. The fourth-order valence-electron chi connectivity index (χ4n) is 3.50. The maximum Gasteiger partial charge on any atom is 0.412 e. The van der Waals surface area contributed by atoms with E-state index in [0.29, 0.717) is 17.3 Å². The molecule has 2 aromatic heterocycles. The minimum atomic E-state index is -0.560. The normalized spacial score (nSPS) is 11.3. The van der Waals surface area contributed by atoms with Crippen molar-refractivity contribution in [2.75, 3.05) is 17.2 Å². The molecule has 0 aliphatic heterocycles. The summed E-state index contributed by atoms with van der Waals surface area (Å²) in [6, 6.07) is 17.5. The first kappa shape index (κ1) is 23.1. The molecule has 0 aliphatic carbocycles. The van der Waals surface area contributed by atoms with Gasteiger partial charge in [-0.3, -0.25) is 5.32 Å². The number of hydrogen-bond acceptors (Lipinski definition) is 6. The molecule has 0 fully saturated rings. The molecule has 0 aliphatic rings. The Morgan fingerprint density at radius 2 is 1.85 bits per heavy atom. The second-order valence-electron chi connectivity index (χ2n) is 8.93. The van der Waals surface area contributed by atoms with Crippen LogP contribution in [-0.4, -0.2) is 27.2 Å². The average Bonchev–Trinajstić information content (AvgIpc) is 3.08. The van der Waals surface area contributed by atoms with Crippen molar-refractivity contribution in [2.45, 2.75) is 33.1 Å². The molecule has 1 amide bonds. The molecular weight excluding hydrogens is 430 g/mol. The predicted molar refractivity (Wildman–Crippen MR) is 134 cm³/mol. The second kappa shape index (κ2) is 9.43. The average molecular weight is 460 g/mol. The van der Waals surface area contributed by atoms with Crippen molar-refractivity contribution in [3.8, 4) is 11.5 Å². The largest absolute Gasteiger partial charge is 0.457 e. The number of aryl methyl sites for hydroxylation is 1. The number of carbonyl (C=O) groups excluding carboxylic acids is 1. The van der Waals surface area contributed by atoms with Crippen LogP contribution in [0.4, 0.5) is 22.2 Å². The zero-order chi connectivity index (χ0) is 24.3. The zero-order valence-electron chi connectivity index (χ0n) is 20.0. The van der Waals surface area contributed by atoms with E-state index >= 15 is 0 Å². The van der Waals surface area contributed by atoms with Crippen molar-refractivity contribution in [2.24, 2.45) is 7.05 Å². The van der Waals surface area contributed by atoms with Crippen molar-refractivity contribution in [1.82, 2.24) is 14.5 Å². The summed E-state index contributed by atoms with van der Waals surface area (Å²) >= 11 is 0. The molecule has 0 atom stereocenters. The lowest BCUT2D eigenvalue weighted by Crippen LogP contribution is -2.14. The molecule has 4 rings (SSSR count). The third kappa shape index (κ3) is 5.28. The van der Waals surface area contributed by atoms with Crippen LogP contribution in [0.25, 0.3) is 11.0 Å². The van der Waals surface area contributed by atoms with Gasteiger partial charge >= 0.3 is 6.09 Å². The third-order valence-electron chi connectivity index (χ3n) is 5.31. The minimum absolute atomic E-state index is 0.0644. The van der Waals surface area contributed by atoms with E-state index in [1.165, 1.54) is 5.56 Å². The number of nitrogens with one attached hydrogen (secondary N) is 2. The molecule has 8 heteroatoms. The highest BCUT2D eigenvalue weighted by Gasteiger charge is 2.15. The van der Waals surface area contributed by atoms with Gasteiger partial charge in [0.25, 0.3) is 0 Å². The van der Waals surface area contributed by atoms with Gasteiger partial charge in [-0.05, 0) is 48.2 Å². The Kier molecular flexibility index (Phi) is 6.40. The van der Waals surface area contributed by atoms with Crippen LogP contribution in [0.3, 0.4) is 0 Å². The number of hydrogen-bond donors (Lipinski definition) is 2. The summed E-state index contributed by atoms with van der Waals surface area (Å²) in [7, 11) is 1.97. The highest BCUT2D eigenvalue weighted by atomic mass is 16.5. The van der Waals surface area contributed by atoms with Crippen LogP contribution in [0, 0.1) is 0 Å². The van der Waals surface area contributed by atoms with E-state index in [1.807, 2.05) is 35.9 Å². The fraction of sp³-hybridized carbons (Fsp3) is 0.269. The lowest BCUT2D eigenvalue weighted by molar-refractivity contribution is 0.168. The number of fused-ring (bicyclic) bond motifs is 1. The Balaban J connectivity index is 1.54. The van der Waals surface area contributed by atoms with E-state index in [4.69, 9.17) is 14.5 Å². The molecule has 34 heavy (non-hydrogen) atoms. The summed E-state index contributed by atoms with van der Waals surface area (Å²) in [4.78, 5) is 20.5. The predicted octanol–water partition coefficient (Wildman–Crippen LogP) is 6.37. The molecule has 0 spiro atoms. The molecule has 0 saturated heterocycles. The number of rotatable bonds is 6. The smallest absolute Gasteiger partial charge is 0.412 e. The van der Waals surface area contributed by atoms with Gasteiger partial charge in [-0.1, -0.05) is 32.9 Å². The van der Waals surface area contributed by atoms with Gasteiger partial charge in [0.2, 0.25) is 5.95 Å². The van der Waals surface area contributed by atoms with Crippen LogP contribution in [0.15, 0.2) is 60.8 Å². The first-order chi connectivity index (χ1) is 16.2. The van der Waals surface area contributed by atoms with Crippen LogP contribution in [-0.2, 0) is 17.2 Å². The minimum Gasteiger partial charge on any atom is -0.457 e. The van der Waals surface area contributed by atoms with Crippen LogP contribution in [0.5, 0.6) is 11.5 Å². The standard InChI is InChI=1S/C26H29N5O3/c1-6-33-25(32)30-23-16-20(12-13-27-23)34-19-10-11-22-21(15-19)29-24(31(22)5)28-18-9-7-8-17(14-18)26(2,3)4/h7-16H,6H2,1-5H3,(H,28,29)(H,27,30,32). The maximum atomic E-state index is 11.6. The molecule has 0 unspecified atom stereocenters. The van der Waals surface area contributed by atoms with Crippen molar-refractivity contribution in [3.05, 3.63) is 66.4 Å². The molecule has 0 saturated carbocycles. The van der Waals surface area contributed by atoms with Gasteiger partial charge in [0.15, 0.2) is 0 Å². The summed E-state index contributed by atoms with van der Waals surface area (Å²) in [5.41, 5.74) is 4.08. The number of nitrogens with zero attached hydrogens (tertiary/aromatic N) is 3. The monoisotopic (exact) mass is 459 g/mol. The summed E-state index contributed by atoms with van der Waals surface area (Å²) in [5, 5.41) is 6.00. The summed E-state index contributed by atoms with van der Waals surface area (Å²) in [6.45, 7) is 8.61. The van der Waals surface area contributed by atoms with Crippen molar-refractivity contribution < 1.29 is 14.3 Å². The molecule has 2 heterocycles. The van der Waals surface area contributed by atoms with Gasteiger partial charge < -0.3 is 19.4 Å². The van der Waals surface area contributed by atoms with E-state index in [2.05, 4.69) is 54.6 Å².